The maximum absolute atomic E-state index is 12.5. The van der Waals surface area contributed by atoms with E-state index in [2.05, 4.69) is 4.98 Å². The fourth-order valence-corrected chi connectivity index (χ4v) is 1.67. The summed E-state index contributed by atoms with van der Waals surface area (Å²) in [5, 5.41) is 8.64. The van der Waals surface area contributed by atoms with E-state index in [0.717, 1.165) is 12.3 Å². The third-order valence-electron chi connectivity index (χ3n) is 2.49. The van der Waals surface area contributed by atoms with E-state index in [1.54, 1.807) is 6.92 Å². The van der Waals surface area contributed by atoms with Gasteiger partial charge in [-0.15, -0.1) is 0 Å². The van der Waals surface area contributed by atoms with Gasteiger partial charge >= 0.3 is 6.18 Å². The van der Waals surface area contributed by atoms with Crippen LogP contribution in [-0.2, 0) is 12.6 Å². The van der Waals surface area contributed by atoms with Crippen molar-refractivity contribution in [2.75, 3.05) is 0 Å². The number of nitriles is 1. The predicted octanol–water partition coefficient (Wildman–Crippen LogP) is 2.73. The Bertz CT molecular complexity index is 605. The summed E-state index contributed by atoms with van der Waals surface area (Å²) in [6.45, 7) is 1.67. The zero-order valence-electron chi connectivity index (χ0n) is 8.91. The molecule has 2 heterocycles. The second-order valence-electron chi connectivity index (χ2n) is 3.62. The number of nitrogens with zero attached hydrogens (tertiary/aromatic N) is 3. The average molecular weight is 239 g/mol. The van der Waals surface area contributed by atoms with Crippen molar-refractivity contribution < 1.29 is 13.2 Å². The minimum Gasteiger partial charge on any atom is -0.302 e. The lowest BCUT2D eigenvalue weighted by Crippen LogP contribution is -2.07. The number of imidazole rings is 1. The molecule has 0 aromatic carbocycles. The van der Waals surface area contributed by atoms with E-state index < -0.39 is 11.7 Å². The Morgan fingerprint density at radius 3 is 2.71 bits per heavy atom. The molecule has 0 atom stereocenters. The van der Waals surface area contributed by atoms with Gasteiger partial charge in [0.1, 0.15) is 5.65 Å². The van der Waals surface area contributed by atoms with Crippen molar-refractivity contribution in [3.63, 3.8) is 0 Å². The average Bonchev–Trinajstić information content (AvgIpc) is 2.54. The third kappa shape index (κ3) is 1.96. The van der Waals surface area contributed by atoms with Crippen LogP contribution >= 0.6 is 0 Å². The third-order valence-corrected chi connectivity index (χ3v) is 2.49. The normalized spacial score (nSPS) is 11.7. The molecule has 0 aliphatic rings. The zero-order valence-corrected chi connectivity index (χ0v) is 8.91. The minimum atomic E-state index is -4.39. The lowest BCUT2D eigenvalue weighted by atomic mass is 10.2. The molecule has 0 aliphatic carbocycles. The van der Waals surface area contributed by atoms with E-state index in [-0.39, 0.29) is 6.42 Å². The molecule has 0 saturated heterocycles. The molecule has 17 heavy (non-hydrogen) atoms. The highest BCUT2D eigenvalue weighted by Crippen LogP contribution is 2.29. The Balaban J connectivity index is 2.67. The molecule has 6 heteroatoms. The molecule has 2 aromatic rings. The Morgan fingerprint density at radius 1 is 1.41 bits per heavy atom. The molecule has 0 fully saturated rings. The number of rotatable bonds is 1. The van der Waals surface area contributed by atoms with E-state index in [1.165, 1.54) is 10.5 Å². The first kappa shape index (κ1) is 11.5. The monoisotopic (exact) mass is 239 g/mol. The summed E-state index contributed by atoms with van der Waals surface area (Å²) >= 11 is 0. The van der Waals surface area contributed by atoms with Gasteiger partial charge in [-0.25, -0.2) is 4.98 Å². The van der Waals surface area contributed by atoms with Crippen LogP contribution in [-0.4, -0.2) is 9.38 Å². The lowest BCUT2D eigenvalue weighted by Gasteiger charge is -2.07. The van der Waals surface area contributed by atoms with Crippen LogP contribution in [0.5, 0.6) is 0 Å². The molecule has 3 nitrogen and oxygen atoms in total. The van der Waals surface area contributed by atoms with E-state index in [9.17, 15) is 13.2 Å². The standard InChI is InChI=1S/C11H8F3N3/c1-7-9(4-5-15)17-6-8(11(12,13)14)2-3-10(17)16-7/h2-3,6H,4H2,1H3. The van der Waals surface area contributed by atoms with Crippen LogP contribution in [0.2, 0.25) is 0 Å². The fraction of sp³-hybridized carbons (Fsp3) is 0.273. The van der Waals surface area contributed by atoms with E-state index >= 15 is 0 Å². The summed E-state index contributed by atoms with van der Waals surface area (Å²) in [6.07, 6.45) is -3.38. The number of alkyl halides is 3. The van der Waals surface area contributed by atoms with Crippen LogP contribution in [0.4, 0.5) is 13.2 Å². The van der Waals surface area contributed by atoms with Crippen LogP contribution in [0, 0.1) is 18.3 Å². The smallest absolute Gasteiger partial charge is 0.302 e. The van der Waals surface area contributed by atoms with Crippen molar-refractivity contribution in [3.05, 3.63) is 35.3 Å². The van der Waals surface area contributed by atoms with Gasteiger partial charge in [0.05, 0.1) is 29.4 Å². The SMILES string of the molecule is Cc1nc2ccc(C(F)(F)F)cn2c1CC#N. The molecular formula is C11H8F3N3. The molecule has 0 amide bonds. The Kier molecular flexibility index (Phi) is 2.54. The molecule has 2 rings (SSSR count). The van der Waals surface area contributed by atoms with Crippen LogP contribution in [0.25, 0.3) is 5.65 Å². The molecule has 0 N–H and O–H groups in total. The quantitative estimate of drug-likeness (QED) is 0.767. The molecule has 0 saturated carbocycles. The van der Waals surface area contributed by atoms with Crippen LogP contribution in [0.1, 0.15) is 17.0 Å². The van der Waals surface area contributed by atoms with E-state index in [4.69, 9.17) is 5.26 Å². The summed E-state index contributed by atoms with van der Waals surface area (Å²) in [5.74, 6) is 0. The highest BCUT2D eigenvalue weighted by molar-refractivity contribution is 5.45. The number of hydrogen-bond donors (Lipinski definition) is 0. The van der Waals surface area contributed by atoms with Crippen molar-refractivity contribution in [2.24, 2.45) is 0 Å². The highest BCUT2D eigenvalue weighted by atomic mass is 19.4. The summed E-state index contributed by atoms with van der Waals surface area (Å²) in [6, 6.07) is 4.21. The first-order chi connectivity index (χ1) is 7.93. The lowest BCUT2D eigenvalue weighted by molar-refractivity contribution is -0.137. The summed E-state index contributed by atoms with van der Waals surface area (Å²) in [5.41, 5.74) is 0.738. The predicted molar refractivity (Wildman–Crippen MR) is 54.2 cm³/mol. The largest absolute Gasteiger partial charge is 0.417 e. The zero-order chi connectivity index (χ0) is 12.6. The van der Waals surface area contributed by atoms with Gasteiger partial charge in [0.15, 0.2) is 0 Å². The number of aromatic nitrogens is 2. The molecule has 0 bridgehead atoms. The van der Waals surface area contributed by atoms with Crippen LogP contribution in [0.15, 0.2) is 18.3 Å². The summed E-state index contributed by atoms with van der Waals surface area (Å²) in [7, 11) is 0. The molecular weight excluding hydrogens is 231 g/mol. The Labute approximate surface area is 95.1 Å². The highest BCUT2D eigenvalue weighted by Gasteiger charge is 2.31. The number of aryl methyl sites for hydroxylation is 1. The molecule has 88 valence electrons. The summed E-state index contributed by atoms with van der Waals surface area (Å²) in [4.78, 5) is 4.10. The Hall–Kier alpha value is -2.03. The Morgan fingerprint density at radius 2 is 2.12 bits per heavy atom. The van der Waals surface area contributed by atoms with E-state index in [1.807, 2.05) is 6.07 Å². The van der Waals surface area contributed by atoms with Gasteiger partial charge in [-0.2, -0.15) is 18.4 Å². The van der Waals surface area contributed by atoms with Crippen LogP contribution in [0.3, 0.4) is 0 Å². The topological polar surface area (TPSA) is 41.1 Å². The number of halogens is 3. The minimum absolute atomic E-state index is 0.0360. The molecule has 0 unspecified atom stereocenters. The number of pyridine rings is 1. The number of fused-ring (bicyclic) bond motifs is 1. The van der Waals surface area contributed by atoms with Crippen molar-refractivity contribution in [1.29, 1.82) is 5.26 Å². The van der Waals surface area contributed by atoms with Gasteiger partial charge in [-0.05, 0) is 19.1 Å². The number of hydrogen-bond acceptors (Lipinski definition) is 2. The second kappa shape index (κ2) is 3.77. The van der Waals surface area contributed by atoms with Gasteiger partial charge in [0, 0.05) is 6.20 Å². The van der Waals surface area contributed by atoms with Gasteiger partial charge in [0.2, 0.25) is 0 Å². The second-order valence-corrected chi connectivity index (χ2v) is 3.62. The fourth-order valence-electron chi connectivity index (χ4n) is 1.67. The molecule has 2 aromatic heterocycles. The van der Waals surface area contributed by atoms with Gasteiger partial charge in [0.25, 0.3) is 0 Å². The van der Waals surface area contributed by atoms with Crippen LogP contribution < -0.4 is 0 Å². The molecule has 0 radical (unpaired) electrons. The van der Waals surface area contributed by atoms with Crippen molar-refractivity contribution in [3.8, 4) is 6.07 Å². The maximum Gasteiger partial charge on any atom is 0.417 e. The maximum atomic E-state index is 12.5. The van der Waals surface area contributed by atoms with Gasteiger partial charge in [-0.1, -0.05) is 0 Å². The molecule has 0 spiro atoms. The van der Waals surface area contributed by atoms with Gasteiger partial charge < -0.3 is 4.40 Å². The first-order valence-corrected chi connectivity index (χ1v) is 4.85. The molecule has 0 aliphatic heterocycles. The van der Waals surface area contributed by atoms with Gasteiger partial charge in [-0.3, -0.25) is 0 Å². The van der Waals surface area contributed by atoms with Crippen molar-refractivity contribution >= 4 is 5.65 Å². The van der Waals surface area contributed by atoms with E-state index in [0.29, 0.717) is 17.0 Å². The van der Waals surface area contributed by atoms with Crippen molar-refractivity contribution in [2.45, 2.75) is 19.5 Å². The summed E-state index contributed by atoms with van der Waals surface area (Å²) < 4.78 is 38.9. The van der Waals surface area contributed by atoms with Crippen molar-refractivity contribution in [1.82, 2.24) is 9.38 Å². The first-order valence-electron chi connectivity index (χ1n) is 4.85.